The van der Waals surface area contributed by atoms with Gasteiger partial charge in [0.1, 0.15) is 5.82 Å². The van der Waals surface area contributed by atoms with Crippen LogP contribution in [-0.2, 0) is 0 Å². The van der Waals surface area contributed by atoms with Crippen molar-refractivity contribution in [3.63, 3.8) is 0 Å². The molecule has 1 fully saturated rings. The molecule has 1 aliphatic heterocycles. The van der Waals surface area contributed by atoms with E-state index in [1.807, 2.05) is 60.7 Å². The zero-order chi connectivity index (χ0) is 25.2. The van der Waals surface area contributed by atoms with Gasteiger partial charge in [-0.1, -0.05) is 59.9 Å². The van der Waals surface area contributed by atoms with Crippen LogP contribution in [0.1, 0.15) is 10.4 Å². The van der Waals surface area contributed by atoms with Gasteiger partial charge in [0.25, 0.3) is 5.91 Å². The summed E-state index contributed by atoms with van der Waals surface area (Å²) >= 11 is 1.53. The molecule has 1 N–H and O–H groups in total. The lowest BCUT2D eigenvalue weighted by Crippen LogP contribution is -2.48. The van der Waals surface area contributed by atoms with E-state index >= 15 is 0 Å². The van der Waals surface area contributed by atoms with Gasteiger partial charge in [0, 0.05) is 50.2 Å². The highest BCUT2D eigenvalue weighted by Gasteiger charge is 2.20. The maximum atomic E-state index is 13.5. The first-order valence-corrected chi connectivity index (χ1v) is 13.2. The number of hydrogen-bond donors (Lipinski definition) is 1. The minimum atomic E-state index is -0.231. The number of para-hydroxylation sites is 1. The van der Waals surface area contributed by atoms with Crippen LogP contribution < -0.4 is 10.2 Å². The third-order valence-corrected chi connectivity index (χ3v) is 7.80. The smallest absolute Gasteiger partial charge is 0.252 e. The standard InChI is InChI=1S/C29H26FN5OS/c30-21-10-11-25-27(18-21)37-29(33-25)35-16-14-34(15-17-35)13-12-31-28(36)23-19-26(20-6-2-1-3-7-20)32-24-9-5-4-8-22(23)24/h1-11,18-19H,12-17H2,(H,31,36). The van der Waals surface area contributed by atoms with Crippen molar-refractivity contribution >= 4 is 43.5 Å². The molecule has 0 saturated carbocycles. The second-order valence-electron chi connectivity index (χ2n) is 9.13. The Hall–Kier alpha value is -3.88. The monoisotopic (exact) mass is 511 g/mol. The molecular formula is C29H26FN5OS. The number of fused-ring (bicyclic) bond motifs is 2. The van der Waals surface area contributed by atoms with Gasteiger partial charge in [0.15, 0.2) is 5.13 Å². The van der Waals surface area contributed by atoms with E-state index in [0.29, 0.717) is 12.1 Å². The topological polar surface area (TPSA) is 61.4 Å². The average Bonchev–Trinajstić information content (AvgIpc) is 3.36. The summed E-state index contributed by atoms with van der Waals surface area (Å²) in [5.41, 5.74) is 4.06. The van der Waals surface area contributed by atoms with Crippen LogP contribution in [0, 0.1) is 5.82 Å². The quantitative estimate of drug-likeness (QED) is 0.340. The molecule has 1 amide bonds. The molecule has 3 aromatic carbocycles. The Morgan fingerprint density at radius 1 is 0.892 bits per heavy atom. The first kappa shape index (κ1) is 23.5. The number of nitrogens with one attached hydrogen (secondary N) is 1. The maximum absolute atomic E-state index is 13.5. The number of benzene rings is 3. The zero-order valence-electron chi connectivity index (χ0n) is 20.2. The lowest BCUT2D eigenvalue weighted by atomic mass is 10.0. The number of halogens is 1. The maximum Gasteiger partial charge on any atom is 0.252 e. The number of aromatic nitrogens is 2. The number of piperazine rings is 1. The van der Waals surface area contributed by atoms with Crippen molar-refractivity contribution in [1.82, 2.24) is 20.2 Å². The summed E-state index contributed by atoms with van der Waals surface area (Å²) in [6.45, 7) is 4.82. The zero-order valence-corrected chi connectivity index (χ0v) is 21.0. The lowest BCUT2D eigenvalue weighted by Gasteiger charge is -2.34. The Labute approximate surface area is 218 Å². The first-order chi connectivity index (χ1) is 18.1. The number of amides is 1. The number of nitrogens with zero attached hydrogens (tertiary/aromatic N) is 4. The van der Waals surface area contributed by atoms with Crippen molar-refractivity contribution in [2.45, 2.75) is 0 Å². The van der Waals surface area contributed by atoms with E-state index < -0.39 is 0 Å². The van der Waals surface area contributed by atoms with Crippen LogP contribution >= 0.6 is 11.3 Å². The van der Waals surface area contributed by atoms with E-state index in [2.05, 4.69) is 20.1 Å². The van der Waals surface area contributed by atoms with Crippen LogP contribution in [0.3, 0.4) is 0 Å². The van der Waals surface area contributed by atoms with Crippen molar-refractivity contribution in [2.24, 2.45) is 0 Å². The molecule has 0 unspecified atom stereocenters. The summed E-state index contributed by atoms with van der Waals surface area (Å²) in [5, 5.41) is 4.90. The normalized spacial score (nSPS) is 14.4. The van der Waals surface area contributed by atoms with Gasteiger partial charge in [-0.3, -0.25) is 9.69 Å². The molecule has 0 atom stereocenters. The van der Waals surface area contributed by atoms with E-state index in [9.17, 15) is 9.18 Å². The van der Waals surface area contributed by atoms with Crippen molar-refractivity contribution in [2.75, 3.05) is 44.2 Å². The Balaban J connectivity index is 1.08. The second kappa shape index (κ2) is 10.2. The van der Waals surface area contributed by atoms with Gasteiger partial charge in [-0.05, 0) is 30.3 Å². The molecule has 6 rings (SSSR count). The van der Waals surface area contributed by atoms with Gasteiger partial charge in [-0.2, -0.15) is 0 Å². The fraction of sp³-hybridized carbons (Fsp3) is 0.207. The number of hydrogen-bond acceptors (Lipinski definition) is 6. The van der Waals surface area contributed by atoms with E-state index in [1.165, 1.54) is 17.4 Å². The number of anilines is 1. The summed E-state index contributed by atoms with van der Waals surface area (Å²) < 4.78 is 14.4. The van der Waals surface area contributed by atoms with Gasteiger partial charge in [0.2, 0.25) is 0 Å². The number of carbonyl (C=O) groups excluding carboxylic acids is 1. The Morgan fingerprint density at radius 3 is 2.51 bits per heavy atom. The summed E-state index contributed by atoms with van der Waals surface area (Å²) in [4.78, 5) is 27.3. The summed E-state index contributed by atoms with van der Waals surface area (Å²) in [7, 11) is 0. The molecule has 1 saturated heterocycles. The van der Waals surface area contributed by atoms with Crippen LogP contribution in [0.5, 0.6) is 0 Å². The minimum Gasteiger partial charge on any atom is -0.351 e. The predicted octanol–water partition coefficient (Wildman–Crippen LogP) is 5.20. The molecule has 6 nitrogen and oxygen atoms in total. The Kier molecular flexibility index (Phi) is 6.51. The molecular weight excluding hydrogens is 485 g/mol. The van der Waals surface area contributed by atoms with Gasteiger partial charge < -0.3 is 10.2 Å². The van der Waals surface area contributed by atoms with Gasteiger partial charge in [0.05, 0.1) is 27.0 Å². The molecule has 3 heterocycles. The molecule has 5 aromatic rings. The third kappa shape index (κ3) is 5.03. The lowest BCUT2D eigenvalue weighted by molar-refractivity contribution is 0.0949. The van der Waals surface area contributed by atoms with Crippen molar-refractivity contribution < 1.29 is 9.18 Å². The molecule has 1 aliphatic rings. The van der Waals surface area contributed by atoms with Gasteiger partial charge in [-0.15, -0.1) is 0 Å². The molecule has 8 heteroatoms. The van der Waals surface area contributed by atoms with Crippen LogP contribution in [0.15, 0.2) is 78.9 Å². The average molecular weight is 512 g/mol. The van der Waals surface area contributed by atoms with Crippen molar-refractivity contribution in [3.8, 4) is 11.3 Å². The first-order valence-electron chi connectivity index (χ1n) is 12.4. The van der Waals surface area contributed by atoms with Crippen LogP contribution in [0.4, 0.5) is 9.52 Å². The highest BCUT2D eigenvalue weighted by atomic mass is 32.1. The van der Waals surface area contributed by atoms with Crippen LogP contribution in [-0.4, -0.2) is 60.0 Å². The highest BCUT2D eigenvalue weighted by Crippen LogP contribution is 2.30. The molecule has 0 spiro atoms. The highest BCUT2D eigenvalue weighted by molar-refractivity contribution is 7.22. The molecule has 37 heavy (non-hydrogen) atoms. The fourth-order valence-corrected chi connectivity index (χ4v) is 5.77. The second-order valence-corrected chi connectivity index (χ2v) is 10.1. The van der Waals surface area contributed by atoms with Gasteiger partial charge in [-0.25, -0.2) is 14.4 Å². The number of pyridine rings is 1. The van der Waals surface area contributed by atoms with E-state index in [1.54, 1.807) is 12.1 Å². The molecule has 0 bridgehead atoms. The predicted molar refractivity (Wildman–Crippen MR) is 148 cm³/mol. The Bertz CT molecular complexity index is 1560. The molecule has 2 aromatic heterocycles. The SMILES string of the molecule is O=C(NCCN1CCN(c2nc3ccc(F)cc3s2)CC1)c1cc(-c2ccccc2)nc2ccccc12. The minimum absolute atomic E-state index is 0.0869. The number of carbonyl (C=O) groups is 1. The number of thiazole rings is 1. The van der Waals surface area contributed by atoms with Crippen LogP contribution in [0.25, 0.3) is 32.4 Å². The fourth-order valence-electron chi connectivity index (χ4n) is 4.73. The van der Waals surface area contributed by atoms with E-state index in [4.69, 9.17) is 4.98 Å². The van der Waals surface area contributed by atoms with Gasteiger partial charge >= 0.3 is 0 Å². The summed E-state index contributed by atoms with van der Waals surface area (Å²) in [6.07, 6.45) is 0. The largest absolute Gasteiger partial charge is 0.351 e. The molecule has 0 radical (unpaired) electrons. The third-order valence-electron chi connectivity index (χ3n) is 6.73. The van der Waals surface area contributed by atoms with E-state index in [-0.39, 0.29) is 11.7 Å². The van der Waals surface area contributed by atoms with Crippen molar-refractivity contribution in [1.29, 1.82) is 0 Å². The van der Waals surface area contributed by atoms with E-state index in [0.717, 1.165) is 70.2 Å². The van der Waals surface area contributed by atoms with Crippen LogP contribution in [0.2, 0.25) is 0 Å². The number of rotatable bonds is 6. The van der Waals surface area contributed by atoms with Crippen molar-refractivity contribution in [3.05, 3.63) is 90.2 Å². The Morgan fingerprint density at radius 2 is 1.68 bits per heavy atom. The molecule has 0 aliphatic carbocycles. The molecule has 186 valence electrons. The summed E-state index contributed by atoms with van der Waals surface area (Å²) in [6, 6.07) is 24.3. The summed E-state index contributed by atoms with van der Waals surface area (Å²) in [5.74, 6) is -0.318.